The van der Waals surface area contributed by atoms with Crippen molar-refractivity contribution in [3.05, 3.63) is 46.7 Å². The monoisotopic (exact) mass is 280 g/mol. The molecule has 0 fully saturated rings. The Balaban J connectivity index is 2.06. The standard InChI is InChI=1S/C12H13ClN4O2/c13-10-4-2-1-3-8(10)6-17-7-9(15-16-17)5-11(14)12(18)19/h1-4,7,11H,5-6,14H2,(H,18,19). The summed E-state index contributed by atoms with van der Waals surface area (Å²) >= 11 is 6.05. The molecule has 2 aromatic rings. The number of hydrogen-bond donors (Lipinski definition) is 2. The van der Waals surface area contributed by atoms with Gasteiger partial charge in [0, 0.05) is 17.6 Å². The first kappa shape index (κ1) is 13.5. The number of aliphatic carboxylic acids is 1. The number of carboxylic acid groups (broad SMARTS) is 1. The van der Waals surface area contributed by atoms with Crippen LogP contribution in [0.3, 0.4) is 0 Å². The highest BCUT2D eigenvalue weighted by Crippen LogP contribution is 2.15. The normalized spacial score (nSPS) is 12.3. The van der Waals surface area contributed by atoms with E-state index in [1.807, 2.05) is 18.2 Å². The van der Waals surface area contributed by atoms with E-state index in [4.69, 9.17) is 22.4 Å². The molecule has 1 unspecified atom stereocenters. The maximum atomic E-state index is 10.6. The van der Waals surface area contributed by atoms with Crippen molar-refractivity contribution >= 4 is 17.6 Å². The van der Waals surface area contributed by atoms with E-state index in [-0.39, 0.29) is 6.42 Å². The smallest absolute Gasteiger partial charge is 0.320 e. The molecular formula is C12H13ClN4O2. The molecule has 1 heterocycles. The molecule has 6 nitrogen and oxygen atoms in total. The van der Waals surface area contributed by atoms with Crippen molar-refractivity contribution < 1.29 is 9.90 Å². The van der Waals surface area contributed by atoms with E-state index in [1.54, 1.807) is 16.9 Å². The highest BCUT2D eigenvalue weighted by Gasteiger charge is 2.14. The number of nitrogens with two attached hydrogens (primary N) is 1. The molecule has 0 amide bonds. The van der Waals surface area contributed by atoms with Crippen molar-refractivity contribution in [1.29, 1.82) is 0 Å². The van der Waals surface area contributed by atoms with Crippen LogP contribution in [0.1, 0.15) is 11.3 Å². The predicted octanol–water partition coefficient (Wildman–Crippen LogP) is 0.934. The first-order valence-electron chi connectivity index (χ1n) is 5.67. The predicted molar refractivity (Wildman–Crippen MR) is 69.9 cm³/mol. The summed E-state index contributed by atoms with van der Waals surface area (Å²) in [5, 5.41) is 17.2. The minimum atomic E-state index is -1.05. The zero-order valence-electron chi connectivity index (χ0n) is 10.0. The average Bonchev–Trinajstić information content (AvgIpc) is 2.79. The lowest BCUT2D eigenvalue weighted by Crippen LogP contribution is -2.32. The van der Waals surface area contributed by atoms with Crippen LogP contribution in [0.5, 0.6) is 0 Å². The number of halogens is 1. The maximum Gasteiger partial charge on any atom is 0.320 e. The van der Waals surface area contributed by atoms with Crippen LogP contribution in [0.25, 0.3) is 0 Å². The minimum absolute atomic E-state index is 0.151. The van der Waals surface area contributed by atoms with Crippen molar-refractivity contribution in [3.63, 3.8) is 0 Å². The fourth-order valence-corrected chi connectivity index (χ4v) is 1.82. The van der Waals surface area contributed by atoms with Crippen molar-refractivity contribution in [2.45, 2.75) is 19.0 Å². The number of aromatic nitrogens is 3. The summed E-state index contributed by atoms with van der Waals surface area (Å²) in [4.78, 5) is 10.6. The maximum absolute atomic E-state index is 10.6. The van der Waals surface area contributed by atoms with Crippen molar-refractivity contribution in [3.8, 4) is 0 Å². The van der Waals surface area contributed by atoms with Crippen LogP contribution >= 0.6 is 11.6 Å². The third-order valence-electron chi connectivity index (χ3n) is 2.62. The molecule has 19 heavy (non-hydrogen) atoms. The lowest BCUT2D eigenvalue weighted by molar-refractivity contribution is -0.138. The summed E-state index contributed by atoms with van der Waals surface area (Å²) < 4.78 is 1.60. The molecule has 1 aromatic heterocycles. The summed E-state index contributed by atoms with van der Waals surface area (Å²) in [5.74, 6) is -1.05. The molecule has 0 saturated carbocycles. The fourth-order valence-electron chi connectivity index (χ4n) is 1.62. The van der Waals surface area contributed by atoms with Gasteiger partial charge < -0.3 is 10.8 Å². The molecule has 3 N–H and O–H groups in total. The molecule has 0 spiro atoms. The molecule has 1 aromatic carbocycles. The van der Waals surface area contributed by atoms with Crippen LogP contribution in [0, 0.1) is 0 Å². The Labute approximate surface area is 114 Å². The first-order chi connectivity index (χ1) is 9.06. The molecule has 0 aliphatic heterocycles. The largest absolute Gasteiger partial charge is 0.480 e. The van der Waals surface area contributed by atoms with E-state index in [1.165, 1.54) is 0 Å². The Kier molecular flexibility index (Phi) is 4.13. The van der Waals surface area contributed by atoms with Gasteiger partial charge in [-0.2, -0.15) is 0 Å². The molecule has 0 bridgehead atoms. The molecule has 0 radical (unpaired) electrons. The quantitative estimate of drug-likeness (QED) is 0.850. The third-order valence-corrected chi connectivity index (χ3v) is 2.99. The van der Waals surface area contributed by atoms with Crippen molar-refractivity contribution in [1.82, 2.24) is 15.0 Å². The average molecular weight is 281 g/mol. The van der Waals surface area contributed by atoms with Gasteiger partial charge in [0.2, 0.25) is 0 Å². The highest BCUT2D eigenvalue weighted by molar-refractivity contribution is 6.31. The third kappa shape index (κ3) is 3.52. The summed E-state index contributed by atoms with van der Waals surface area (Å²) in [7, 11) is 0. The fraction of sp³-hybridized carbons (Fsp3) is 0.250. The van der Waals surface area contributed by atoms with Gasteiger partial charge in [0.15, 0.2) is 0 Å². The number of carbonyl (C=O) groups is 1. The summed E-state index contributed by atoms with van der Waals surface area (Å²) in [5.41, 5.74) is 6.90. The summed E-state index contributed by atoms with van der Waals surface area (Å²) in [6.07, 6.45) is 1.82. The van der Waals surface area contributed by atoms with Gasteiger partial charge in [0.1, 0.15) is 6.04 Å². The number of nitrogens with zero attached hydrogens (tertiary/aromatic N) is 3. The van der Waals surface area contributed by atoms with Crippen LogP contribution in [-0.4, -0.2) is 32.1 Å². The van der Waals surface area contributed by atoms with Gasteiger partial charge in [-0.3, -0.25) is 4.79 Å². The second-order valence-electron chi connectivity index (χ2n) is 4.15. The molecule has 7 heteroatoms. The van der Waals surface area contributed by atoms with Crippen LogP contribution in [0.15, 0.2) is 30.5 Å². The van der Waals surface area contributed by atoms with Gasteiger partial charge in [-0.05, 0) is 11.6 Å². The molecule has 0 aliphatic carbocycles. The van der Waals surface area contributed by atoms with E-state index >= 15 is 0 Å². The Morgan fingerprint density at radius 1 is 1.47 bits per heavy atom. The van der Waals surface area contributed by atoms with Crippen LogP contribution in [-0.2, 0) is 17.8 Å². The molecule has 2 rings (SSSR count). The van der Waals surface area contributed by atoms with Gasteiger partial charge in [0.25, 0.3) is 0 Å². The van der Waals surface area contributed by atoms with Gasteiger partial charge in [-0.25, -0.2) is 4.68 Å². The number of carboxylic acids is 1. The minimum Gasteiger partial charge on any atom is -0.480 e. The summed E-state index contributed by atoms with van der Waals surface area (Å²) in [6, 6.07) is 6.47. The zero-order valence-corrected chi connectivity index (χ0v) is 10.8. The van der Waals surface area contributed by atoms with E-state index in [0.29, 0.717) is 17.3 Å². The van der Waals surface area contributed by atoms with Crippen molar-refractivity contribution in [2.75, 3.05) is 0 Å². The molecule has 0 aliphatic rings. The van der Waals surface area contributed by atoms with E-state index in [2.05, 4.69) is 10.3 Å². The van der Waals surface area contributed by atoms with Gasteiger partial charge in [0.05, 0.1) is 12.2 Å². The van der Waals surface area contributed by atoms with Crippen LogP contribution in [0.4, 0.5) is 0 Å². The lowest BCUT2D eigenvalue weighted by atomic mass is 10.2. The number of benzene rings is 1. The lowest BCUT2D eigenvalue weighted by Gasteiger charge is -2.03. The highest BCUT2D eigenvalue weighted by atomic mass is 35.5. The van der Waals surface area contributed by atoms with E-state index < -0.39 is 12.0 Å². The first-order valence-corrected chi connectivity index (χ1v) is 6.05. The molecular weight excluding hydrogens is 268 g/mol. The Morgan fingerprint density at radius 3 is 2.89 bits per heavy atom. The number of hydrogen-bond acceptors (Lipinski definition) is 4. The van der Waals surface area contributed by atoms with Crippen LogP contribution < -0.4 is 5.73 Å². The molecule has 1 atom stereocenters. The van der Waals surface area contributed by atoms with Gasteiger partial charge >= 0.3 is 5.97 Å². The van der Waals surface area contributed by atoms with Gasteiger partial charge in [-0.15, -0.1) is 5.10 Å². The summed E-state index contributed by atoms with van der Waals surface area (Å²) in [6.45, 7) is 0.481. The second-order valence-corrected chi connectivity index (χ2v) is 4.55. The Bertz CT molecular complexity index is 585. The SMILES string of the molecule is NC(Cc1cn(Cc2ccccc2Cl)nn1)C(=O)O. The van der Waals surface area contributed by atoms with Gasteiger partial charge in [-0.1, -0.05) is 35.0 Å². The molecule has 0 saturated heterocycles. The van der Waals surface area contributed by atoms with Crippen LogP contribution in [0.2, 0.25) is 5.02 Å². The Hall–Kier alpha value is -1.92. The topological polar surface area (TPSA) is 94.0 Å². The zero-order chi connectivity index (χ0) is 13.8. The second kappa shape index (κ2) is 5.81. The van der Waals surface area contributed by atoms with E-state index in [0.717, 1.165) is 5.56 Å². The van der Waals surface area contributed by atoms with Crippen molar-refractivity contribution in [2.24, 2.45) is 5.73 Å². The Morgan fingerprint density at radius 2 is 2.21 bits per heavy atom. The van der Waals surface area contributed by atoms with E-state index in [9.17, 15) is 4.79 Å². The number of rotatable bonds is 5. The molecule has 100 valence electrons.